The molecule has 19 heavy (non-hydrogen) atoms. The maximum Gasteiger partial charge on any atom is 0.259 e. The van der Waals surface area contributed by atoms with Crippen molar-refractivity contribution in [3.8, 4) is 0 Å². The highest BCUT2D eigenvalue weighted by molar-refractivity contribution is 7.89. The lowest BCUT2D eigenvalue weighted by atomic mass is 10.1. The smallest absolute Gasteiger partial charge is 0.259 e. The number of rotatable bonds is 5. The van der Waals surface area contributed by atoms with E-state index in [1.807, 2.05) is 12.1 Å². The lowest BCUT2D eigenvalue weighted by Gasteiger charge is -2.18. The largest absolute Gasteiger partial charge is 0.385 e. The van der Waals surface area contributed by atoms with Crippen LogP contribution in [-0.2, 0) is 20.5 Å². The van der Waals surface area contributed by atoms with Gasteiger partial charge in [-0.3, -0.25) is 0 Å². The first-order chi connectivity index (χ1) is 9.03. The third kappa shape index (κ3) is 3.24. The molecule has 0 saturated heterocycles. The van der Waals surface area contributed by atoms with Crippen LogP contribution in [0.3, 0.4) is 0 Å². The van der Waals surface area contributed by atoms with Crippen molar-refractivity contribution >= 4 is 21.5 Å². The number of nitrogens with two attached hydrogens (primary N) is 1. The van der Waals surface area contributed by atoms with Gasteiger partial charge in [0, 0.05) is 31.5 Å². The number of nitrogens with zero attached hydrogens (tertiary/aromatic N) is 1. The summed E-state index contributed by atoms with van der Waals surface area (Å²) in [5.41, 5.74) is 7.94. The van der Waals surface area contributed by atoms with E-state index in [-0.39, 0.29) is 11.6 Å². The van der Waals surface area contributed by atoms with Crippen LogP contribution in [0.1, 0.15) is 17.5 Å². The van der Waals surface area contributed by atoms with Crippen molar-refractivity contribution in [2.24, 2.45) is 10.1 Å². The zero-order valence-corrected chi connectivity index (χ0v) is 11.5. The van der Waals surface area contributed by atoms with Crippen LogP contribution in [0, 0.1) is 0 Å². The molecule has 0 aromatic heterocycles. The molecule has 0 aliphatic carbocycles. The molecule has 0 spiro atoms. The first-order valence-electron chi connectivity index (χ1n) is 5.96. The number of hydrogen-bond donors (Lipinski definition) is 2. The number of anilines is 1. The van der Waals surface area contributed by atoms with Gasteiger partial charge in [0.2, 0.25) is 0 Å². The highest BCUT2D eigenvalue weighted by Crippen LogP contribution is 2.26. The van der Waals surface area contributed by atoms with E-state index < -0.39 is 10.0 Å². The second kappa shape index (κ2) is 5.58. The van der Waals surface area contributed by atoms with Gasteiger partial charge in [-0.2, -0.15) is 0 Å². The van der Waals surface area contributed by atoms with Gasteiger partial charge in [-0.05, 0) is 18.1 Å². The number of fused-ring (bicyclic) bond motifs is 1. The van der Waals surface area contributed by atoms with Crippen molar-refractivity contribution < 1.29 is 13.2 Å². The zero-order valence-electron chi connectivity index (χ0n) is 10.7. The van der Waals surface area contributed by atoms with Crippen LogP contribution in [0.15, 0.2) is 22.6 Å². The molecular weight excluding hydrogens is 266 g/mol. The predicted molar refractivity (Wildman–Crippen MR) is 74.8 cm³/mol. The first-order valence-corrected chi connectivity index (χ1v) is 7.57. The molecule has 1 aromatic carbocycles. The van der Waals surface area contributed by atoms with Gasteiger partial charge in [0.1, 0.15) is 5.84 Å². The molecule has 1 aromatic rings. The zero-order chi connectivity index (χ0) is 13.9. The number of nitrogens with one attached hydrogen (secondary N) is 1. The Labute approximate surface area is 112 Å². The summed E-state index contributed by atoms with van der Waals surface area (Å²) in [4.78, 5) is 0. The molecule has 1 aliphatic rings. The molecule has 0 saturated carbocycles. The third-order valence-corrected chi connectivity index (χ3v) is 3.97. The predicted octanol–water partition coefficient (Wildman–Crippen LogP) is 0.684. The van der Waals surface area contributed by atoms with Gasteiger partial charge in [-0.15, -0.1) is 4.40 Å². The van der Waals surface area contributed by atoms with Crippen molar-refractivity contribution in [1.29, 1.82) is 0 Å². The summed E-state index contributed by atoms with van der Waals surface area (Å²) < 4.78 is 31.6. The molecule has 2 rings (SSSR count). The lowest BCUT2D eigenvalue weighted by molar-refractivity contribution is 0.198. The van der Waals surface area contributed by atoms with Crippen LogP contribution in [0.25, 0.3) is 0 Å². The summed E-state index contributed by atoms with van der Waals surface area (Å²) in [7, 11) is -1.82. The van der Waals surface area contributed by atoms with Crippen LogP contribution in [0.5, 0.6) is 0 Å². The molecule has 3 N–H and O–H groups in total. The first kappa shape index (κ1) is 13.8. The van der Waals surface area contributed by atoms with E-state index in [9.17, 15) is 8.42 Å². The minimum atomic E-state index is -3.48. The fourth-order valence-electron chi connectivity index (χ4n) is 2.03. The van der Waals surface area contributed by atoms with Crippen LogP contribution >= 0.6 is 0 Å². The van der Waals surface area contributed by atoms with Crippen molar-refractivity contribution in [1.82, 2.24) is 0 Å². The quantitative estimate of drug-likeness (QED) is 0.775. The average molecular weight is 283 g/mol. The van der Waals surface area contributed by atoms with E-state index in [1.54, 1.807) is 13.2 Å². The van der Waals surface area contributed by atoms with E-state index in [1.165, 1.54) is 0 Å². The van der Waals surface area contributed by atoms with Gasteiger partial charge in [-0.1, -0.05) is 12.1 Å². The molecular formula is C12H17N3O3S. The summed E-state index contributed by atoms with van der Waals surface area (Å²) >= 11 is 0. The summed E-state index contributed by atoms with van der Waals surface area (Å²) in [6.45, 7) is 1.39. The number of sulfonamides is 1. The second-order valence-corrected chi connectivity index (χ2v) is 5.95. The van der Waals surface area contributed by atoms with E-state index in [0.717, 1.165) is 18.7 Å². The molecule has 0 atom stereocenters. The van der Waals surface area contributed by atoms with Crippen molar-refractivity contribution in [3.05, 3.63) is 29.3 Å². The minimum Gasteiger partial charge on any atom is -0.385 e. The van der Waals surface area contributed by atoms with Crippen molar-refractivity contribution in [2.75, 3.05) is 25.6 Å². The number of ether oxygens (including phenoxy) is 1. The number of methoxy groups -OCH3 is 1. The minimum absolute atomic E-state index is 0.0519. The molecule has 7 heteroatoms. The summed E-state index contributed by atoms with van der Waals surface area (Å²) in [5, 5.41) is 3.23. The van der Waals surface area contributed by atoms with E-state index in [0.29, 0.717) is 17.7 Å². The molecule has 6 nitrogen and oxygen atoms in total. The summed E-state index contributed by atoms with van der Waals surface area (Å²) in [6, 6.07) is 5.44. The molecule has 0 unspecified atom stereocenters. The van der Waals surface area contributed by atoms with Crippen LogP contribution in [-0.4, -0.2) is 34.5 Å². The Bertz CT molecular complexity index is 596. The maximum atomic E-state index is 11.5. The number of benzene rings is 1. The van der Waals surface area contributed by atoms with Gasteiger partial charge < -0.3 is 15.8 Å². The molecule has 0 amide bonds. The van der Waals surface area contributed by atoms with Crippen molar-refractivity contribution in [3.63, 3.8) is 0 Å². The highest BCUT2D eigenvalue weighted by Gasteiger charge is 2.24. The fraction of sp³-hybridized carbons (Fsp3) is 0.417. The third-order valence-electron chi connectivity index (χ3n) is 2.82. The van der Waals surface area contributed by atoms with Crippen LogP contribution in [0.4, 0.5) is 5.69 Å². The summed E-state index contributed by atoms with van der Waals surface area (Å²) in [6.07, 6.45) is 0.857. The average Bonchev–Trinajstić information content (AvgIpc) is 2.32. The highest BCUT2D eigenvalue weighted by atomic mass is 32.2. The Balaban J connectivity index is 2.24. The van der Waals surface area contributed by atoms with Crippen LogP contribution < -0.4 is 11.1 Å². The van der Waals surface area contributed by atoms with E-state index >= 15 is 0 Å². The monoisotopic (exact) mass is 283 g/mol. The Morgan fingerprint density at radius 2 is 2.26 bits per heavy atom. The molecule has 0 bridgehead atoms. The van der Waals surface area contributed by atoms with Gasteiger partial charge in [-0.25, -0.2) is 8.42 Å². The summed E-state index contributed by atoms with van der Waals surface area (Å²) in [5.74, 6) is -0.0486. The van der Waals surface area contributed by atoms with Gasteiger partial charge in [0.15, 0.2) is 0 Å². The molecule has 0 fully saturated rings. The Hall–Kier alpha value is -1.60. The molecule has 0 radical (unpaired) electrons. The standard InChI is InChI=1S/C12H17N3O3S/c1-18-7-3-6-14-10-5-2-4-9-8-19(16,17)15-12(13)11(9)10/h2,4-5,14H,3,6-8H2,1H3,(H2,13,15). The van der Waals surface area contributed by atoms with Crippen molar-refractivity contribution in [2.45, 2.75) is 12.2 Å². The lowest BCUT2D eigenvalue weighted by Crippen LogP contribution is -2.25. The molecule has 104 valence electrons. The second-order valence-electron chi connectivity index (χ2n) is 4.32. The maximum absolute atomic E-state index is 11.5. The van der Waals surface area contributed by atoms with Gasteiger partial charge >= 0.3 is 0 Å². The Morgan fingerprint density at radius 1 is 1.47 bits per heavy atom. The van der Waals surface area contributed by atoms with Gasteiger partial charge in [0.05, 0.1) is 5.75 Å². The van der Waals surface area contributed by atoms with Crippen LogP contribution in [0.2, 0.25) is 0 Å². The Kier molecular flexibility index (Phi) is 4.06. The molecule has 1 heterocycles. The topological polar surface area (TPSA) is 93.8 Å². The fourth-order valence-corrected chi connectivity index (χ4v) is 3.12. The Morgan fingerprint density at radius 3 is 3.00 bits per heavy atom. The van der Waals surface area contributed by atoms with Gasteiger partial charge in [0.25, 0.3) is 10.0 Å². The normalized spacial score (nSPS) is 16.6. The van der Waals surface area contributed by atoms with E-state index in [2.05, 4.69) is 9.71 Å². The molecule has 1 aliphatic heterocycles. The number of amidine groups is 1. The number of hydrogen-bond acceptors (Lipinski definition) is 5. The SMILES string of the molecule is COCCCNc1cccc2c1C(N)=NS(=O)(=O)C2. The van der Waals surface area contributed by atoms with E-state index in [4.69, 9.17) is 10.5 Å².